The van der Waals surface area contributed by atoms with Crippen LogP contribution in [0.5, 0.6) is 0 Å². The Morgan fingerprint density at radius 2 is 1.72 bits per heavy atom. The third kappa shape index (κ3) is 5.45. The standard InChI is InChI=1S/C9H15N3O4S2/c10-9-4-2-1-3-8(9)7-18(15,16)12-5-6-17(11,13)14/h1-4,12H,5-7,10H2,(H2,11,13,14). The predicted molar refractivity (Wildman–Crippen MR) is 69.5 cm³/mol. The number of rotatable bonds is 6. The SMILES string of the molecule is Nc1ccccc1CS(=O)(=O)NCCS(N)(=O)=O. The Hall–Kier alpha value is -1.16. The van der Waals surface area contributed by atoms with Crippen molar-refractivity contribution in [3.63, 3.8) is 0 Å². The Labute approximate surface area is 106 Å². The van der Waals surface area contributed by atoms with Crippen LogP contribution >= 0.6 is 0 Å². The molecule has 0 unspecified atom stereocenters. The van der Waals surface area contributed by atoms with E-state index in [4.69, 9.17) is 10.9 Å². The third-order valence-corrected chi connectivity index (χ3v) is 4.22. The van der Waals surface area contributed by atoms with Crippen LogP contribution in [-0.2, 0) is 25.8 Å². The van der Waals surface area contributed by atoms with E-state index in [9.17, 15) is 16.8 Å². The van der Waals surface area contributed by atoms with Gasteiger partial charge in [0.05, 0.1) is 11.5 Å². The number of nitrogens with one attached hydrogen (secondary N) is 1. The monoisotopic (exact) mass is 293 g/mol. The lowest BCUT2D eigenvalue weighted by atomic mass is 10.2. The van der Waals surface area contributed by atoms with Gasteiger partial charge in [0.15, 0.2) is 0 Å². The number of nitrogens with two attached hydrogens (primary N) is 2. The molecule has 0 radical (unpaired) electrons. The molecule has 0 aliphatic rings. The first-order chi connectivity index (χ1) is 8.20. The van der Waals surface area contributed by atoms with Crippen molar-refractivity contribution >= 4 is 25.7 Å². The molecular formula is C9H15N3O4S2. The lowest BCUT2D eigenvalue weighted by Crippen LogP contribution is -2.32. The molecule has 0 heterocycles. The van der Waals surface area contributed by atoms with E-state index in [-0.39, 0.29) is 12.3 Å². The summed E-state index contributed by atoms with van der Waals surface area (Å²) < 4.78 is 46.7. The van der Waals surface area contributed by atoms with Gasteiger partial charge in [-0.1, -0.05) is 18.2 Å². The van der Waals surface area contributed by atoms with Crippen LogP contribution < -0.4 is 15.6 Å². The van der Waals surface area contributed by atoms with Crippen molar-refractivity contribution in [2.24, 2.45) is 5.14 Å². The highest BCUT2D eigenvalue weighted by Gasteiger charge is 2.14. The summed E-state index contributed by atoms with van der Waals surface area (Å²) in [5.74, 6) is -0.749. The topological polar surface area (TPSA) is 132 Å². The van der Waals surface area contributed by atoms with E-state index in [1.54, 1.807) is 24.3 Å². The van der Waals surface area contributed by atoms with Gasteiger partial charge in [-0.3, -0.25) is 0 Å². The molecule has 0 aliphatic heterocycles. The number of anilines is 1. The molecule has 7 nitrogen and oxygen atoms in total. The zero-order valence-electron chi connectivity index (χ0n) is 9.53. The lowest BCUT2D eigenvalue weighted by Gasteiger charge is -2.08. The molecule has 1 rings (SSSR count). The fourth-order valence-electron chi connectivity index (χ4n) is 1.26. The minimum absolute atomic E-state index is 0.256. The molecular weight excluding hydrogens is 278 g/mol. The normalized spacial score (nSPS) is 12.5. The average molecular weight is 293 g/mol. The Balaban J connectivity index is 2.64. The third-order valence-electron chi connectivity index (χ3n) is 2.11. The molecule has 0 bridgehead atoms. The van der Waals surface area contributed by atoms with Crippen molar-refractivity contribution in [2.75, 3.05) is 18.0 Å². The molecule has 0 aromatic heterocycles. The minimum Gasteiger partial charge on any atom is -0.398 e. The smallest absolute Gasteiger partial charge is 0.215 e. The second-order valence-electron chi connectivity index (χ2n) is 3.72. The van der Waals surface area contributed by atoms with Gasteiger partial charge in [0, 0.05) is 12.2 Å². The quantitative estimate of drug-likeness (QED) is 0.577. The number of hydrogen-bond acceptors (Lipinski definition) is 5. The highest BCUT2D eigenvalue weighted by Crippen LogP contribution is 2.13. The van der Waals surface area contributed by atoms with Crippen LogP contribution in [0, 0.1) is 0 Å². The van der Waals surface area contributed by atoms with Crippen LogP contribution in [0.4, 0.5) is 5.69 Å². The molecule has 0 saturated carbocycles. The maximum atomic E-state index is 11.6. The van der Waals surface area contributed by atoms with E-state index in [0.717, 1.165) is 0 Å². The summed E-state index contributed by atoms with van der Waals surface area (Å²) in [4.78, 5) is 0. The summed E-state index contributed by atoms with van der Waals surface area (Å²) >= 11 is 0. The molecule has 0 fully saturated rings. The highest BCUT2D eigenvalue weighted by atomic mass is 32.2. The van der Waals surface area contributed by atoms with Crippen LogP contribution in [0.2, 0.25) is 0 Å². The van der Waals surface area contributed by atoms with E-state index < -0.39 is 25.8 Å². The van der Waals surface area contributed by atoms with Crippen molar-refractivity contribution in [3.8, 4) is 0 Å². The summed E-state index contributed by atoms with van der Waals surface area (Å²) in [5.41, 5.74) is 6.45. The van der Waals surface area contributed by atoms with Gasteiger partial charge in [0.25, 0.3) is 0 Å². The average Bonchev–Trinajstić information content (AvgIpc) is 2.18. The summed E-state index contributed by atoms with van der Waals surface area (Å²) in [5, 5.41) is 4.76. The van der Waals surface area contributed by atoms with E-state index in [1.807, 2.05) is 0 Å². The molecule has 102 valence electrons. The van der Waals surface area contributed by atoms with Crippen LogP contribution in [0.25, 0.3) is 0 Å². The number of sulfonamides is 2. The number of benzene rings is 1. The van der Waals surface area contributed by atoms with Gasteiger partial charge < -0.3 is 5.73 Å². The molecule has 0 amide bonds. The largest absolute Gasteiger partial charge is 0.398 e. The van der Waals surface area contributed by atoms with Gasteiger partial charge in [0.2, 0.25) is 20.0 Å². The molecule has 0 saturated heterocycles. The second-order valence-corrected chi connectivity index (χ2v) is 7.26. The summed E-state index contributed by atoms with van der Waals surface area (Å²) in [6.45, 7) is -0.256. The van der Waals surface area contributed by atoms with Gasteiger partial charge in [-0.15, -0.1) is 0 Å². The number of nitrogen functional groups attached to an aromatic ring is 1. The first-order valence-electron chi connectivity index (χ1n) is 5.01. The molecule has 1 aromatic carbocycles. The summed E-state index contributed by atoms with van der Waals surface area (Å²) in [6.07, 6.45) is 0. The van der Waals surface area contributed by atoms with Crippen molar-refractivity contribution in [1.29, 1.82) is 0 Å². The summed E-state index contributed by atoms with van der Waals surface area (Å²) in [6, 6.07) is 6.55. The van der Waals surface area contributed by atoms with Crippen molar-refractivity contribution in [1.82, 2.24) is 4.72 Å². The second kappa shape index (κ2) is 5.65. The fraction of sp³-hybridized carbons (Fsp3) is 0.333. The van der Waals surface area contributed by atoms with E-state index in [2.05, 4.69) is 4.72 Å². The molecule has 18 heavy (non-hydrogen) atoms. The molecule has 1 aromatic rings. The van der Waals surface area contributed by atoms with Gasteiger partial charge in [0.1, 0.15) is 0 Å². The van der Waals surface area contributed by atoms with Crippen LogP contribution in [0.3, 0.4) is 0 Å². The first kappa shape index (κ1) is 14.9. The van der Waals surface area contributed by atoms with Crippen molar-refractivity contribution < 1.29 is 16.8 Å². The Kier molecular flexibility index (Phi) is 4.68. The van der Waals surface area contributed by atoms with E-state index in [1.165, 1.54) is 0 Å². The van der Waals surface area contributed by atoms with Crippen LogP contribution in [0.1, 0.15) is 5.56 Å². The van der Waals surface area contributed by atoms with Gasteiger partial charge in [-0.2, -0.15) is 0 Å². The van der Waals surface area contributed by atoms with E-state index in [0.29, 0.717) is 11.3 Å². The van der Waals surface area contributed by atoms with Crippen molar-refractivity contribution in [3.05, 3.63) is 29.8 Å². The Morgan fingerprint density at radius 3 is 2.28 bits per heavy atom. The molecule has 0 atom stereocenters. The molecule has 5 N–H and O–H groups in total. The number of hydrogen-bond donors (Lipinski definition) is 3. The number of primary sulfonamides is 1. The van der Waals surface area contributed by atoms with E-state index >= 15 is 0 Å². The van der Waals surface area contributed by atoms with Gasteiger partial charge >= 0.3 is 0 Å². The molecule has 0 aliphatic carbocycles. The maximum Gasteiger partial charge on any atom is 0.215 e. The predicted octanol–water partition coefficient (Wildman–Crippen LogP) is -1.02. The fourth-order valence-corrected chi connectivity index (χ4v) is 2.96. The summed E-state index contributed by atoms with van der Waals surface area (Å²) in [7, 11) is -7.31. The van der Waals surface area contributed by atoms with Crippen LogP contribution in [0.15, 0.2) is 24.3 Å². The minimum atomic E-state index is -3.68. The highest BCUT2D eigenvalue weighted by molar-refractivity contribution is 7.89. The maximum absolute atomic E-state index is 11.6. The molecule has 0 spiro atoms. The van der Waals surface area contributed by atoms with Gasteiger partial charge in [-0.25, -0.2) is 26.7 Å². The lowest BCUT2D eigenvalue weighted by molar-refractivity contribution is 0.580. The van der Waals surface area contributed by atoms with Crippen LogP contribution in [-0.4, -0.2) is 29.1 Å². The number of para-hydroxylation sites is 1. The van der Waals surface area contributed by atoms with Gasteiger partial charge in [-0.05, 0) is 11.6 Å². The molecule has 9 heteroatoms. The zero-order chi connectivity index (χ0) is 13.8. The zero-order valence-corrected chi connectivity index (χ0v) is 11.2. The Bertz CT molecular complexity index is 610. The van der Waals surface area contributed by atoms with Crippen molar-refractivity contribution in [2.45, 2.75) is 5.75 Å². The Morgan fingerprint density at radius 1 is 1.11 bits per heavy atom. The first-order valence-corrected chi connectivity index (χ1v) is 8.37.